The maximum Gasteiger partial charge on any atom is 0.0718 e. The zero-order valence-electron chi connectivity index (χ0n) is 29.0. The van der Waals surface area contributed by atoms with Crippen molar-refractivity contribution in [3.8, 4) is 0 Å². The number of hydrogen-bond donors (Lipinski definition) is 0. The molecule has 0 saturated heterocycles. The molecule has 0 bridgehead atoms. The van der Waals surface area contributed by atoms with E-state index < -0.39 is 9.52 Å². The molecule has 0 nitrogen and oxygen atoms in total. The Labute approximate surface area is 260 Å². The van der Waals surface area contributed by atoms with Gasteiger partial charge in [-0.3, -0.25) is 0 Å². The molecule has 0 aliphatic heterocycles. The van der Waals surface area contributed by atoms with Crippen LogP contribution in [0.15, 0.2) is 71.3 Å². The lowest BCUT2D eigenvalue weighted by molar-refractivity contribution is 0.568. The summed E-state index contributed by atoms with van der Waals surface area (Å²) in [7, 11) is -0.777. The normalized spacial score (nSPS) is 18.2. The van der Waals surface area contributed by atoms with E-state index in [4.69, 9.17) is 0 Å². The number of hydrogen-bond acceptors (Lipinski definition) is 0. The molecule has 1 heteroatoms. The maximum absolute atomic E-state index is 2.55. The SMILES string of the molecule is CCc1cc(CC)cc(CC2([SiH2]c3cc(C)cc(C)c3)C(C)=C(C)C(C)=C2c2cc(C(C)(C)C)cc(C(C)(C)C)c2)c1. The van der Waals surface area contributed by atoms with Gasteiger partial charge in [-0.15, -0.1) is 0 Å². The third kappa shape index (κ3) is 6.47. The minimum absolute atomic E-state index is 0.0252. The van der Waals surface area contributed by atoms with Gasteiger partial charge >= 0.3 is 0 Å². The highest BCUT2D eigenvalue weighted by Crippen LogP contribution is 2.59. The molecule has 0 fully saturated rings. The van der Waals surface area contributed by atoms with Crippen LogP contribution in [0.4, 0.5) is 0 Å². The third-order valence-electron chi connectivity index (χ3n) is 9.87. The van der Waals surface area contributed by atoms with Crippen molar-refractivity contribution < 1.29 is 0 Å². The molecule has 3 aromatic carbocycles. The van der Waals surface area contributed by atoms with E-state index in [1.165, 1.54) is 55.7 Å². The highest BCUT2D eigenvalue weighted by atomic mass is 28.2. The molecule has 0 N–H and O–H groups in total. The molecule has 0 spiro atoms. The van der Waals surface area contributed by atoms with Crippen LogP contribution in [-0.4, -0.2) is 9.52 Å². The lowest BCUT2D eigenvalue weighted by atomic mass is 9.76. The molecule has 1 unspecified atom stereocenters. The van der Waals surface area contributed by atoms with Gasteiger partial charge in [-0.05, 0) is 115 Å². The third-order valence-corrected chi connectivity index (χ3v) is 12.4. The van der Waals surface area contributed by atoms with Crippen LogP contribution >= 0.6 is 0 Å². The Morgan fingerprint density at radius 1 is 0.571 bits per heavy atom. The highest BCUT2D eigenvalue weighted by Gasteiger charge is 2.44. The summed E-state index contributed by atoms with van der Waals surface area (Å²) in [5.41, 5.74) is 17.9. The molecule has 0 amide bonds. The Hall–Kier alpha value is -2.64. The molecule has 1 aliphatic carbocycles. The number of allylic oxidation sites excluding steroid dienone is 4. The van der Waals surface area contributed by atoms with Crippen molar-refractivity contribution in [2.75, 3.05) is 0 Å². The fourth-order valence-corrected chi connectivity index (χ4v) is 10.4. The summed E-state index contributed by atoms with van der Waals surface area (Å²) in [6, 6.07) is 22.3. The second kappa shape index (κ2) is 11.8. The van der Waals surface area contributed by atoms with E-state index in [0.29, 0.717) is 0 Å². The van der Waals surface area contributed by atoms with E-state index in [1.54, 1.807) is 16.3 Å². The molecule has 1 atom stereocenters. The van der Waals surface area contributed by atoms with Gasteiger partial charge in [0.05, 0.1) is 9.52 Å². The zero-order valence-corrected chi connectivity index (χ0v) is 30.4. The Morgan fingerprint density at radius 2 is 1.05 bits per heavy atom. The molecule has 42 heavy (non-hydrogen) atoms. The van der Waals surface area contributed by atoms with Crippen molar-refractivity contribution in [3.05, 3.63) is 116 Å². The van der Waals surface area contributed by atoms with Crippen molar-refractivity contribution in [1.82, 2.24) is 0 Å². The van der Waals surface area contributed by atoms with Gasteiger partial charge in [0.1, 0.15) is 0 Å². The van der Waals surface area contributed by atoms with Crippen molar-refractivity contribution in [2.45, 2.75) is 125 Å². The van der Waals surface area contributed by atoms with Crippen molar-refractivity contribution in [3.63, 3.8) is 0 Å². The summed E-state index contributed by atoms with van der Waals surface area (Å²) in [4.78, 5) is 0. The van der Waals surface area contributed by atoms with Crippen LogP contribution < -0.4 is 5.19 Å². The zero-order chi connectivity index (χ0) is 31.2. The van der Waals surface area contributed by atoms with Gasteiger partial charge in [-0.25, -0.2) is 0 Å². The van der Waals surface area contributed by atoms with Gasteiger partial charge in [-0.1, -0.05) is 132 Å². The molecular formula is C41H56Si. The summed E-state index contributed by atoms with van der Waals surface area (Å²) in [5, 5.41) is 1.61. The van der Waals surface area contributed by atoms with Crippen molar-refractivity contribution in [2.24, 2.45) is 0 Å². The fourth-order valence-electron chi connectivity index (χ4n) is 7.23. The summed E-state index contributed by atoms with van der Waals surface area (Å²) < 4.78 is 0. The summed E-state index contributed by atoms with van der Waals surface area (Å²) >= 11 is 0. The van der Waals surface area contributed by atoms with Crippen LogP contribution in [0.2, 0.25) is 5.04 Å². The Bertz CT molecular complexity index is 1470. The van der Waals surface area contributed by atoms with Crippen LogP contribution in [0.1, 0.15) is 121 Å². The Kier molecular flexibility index (Phi) is 9.07. The minimum atomic E-state index is -0.777. The average molecular weight is 577 g/mol. The lowest BCUT2D eigenvalue weighted by Gasteiger charge is -2.37. The number of rotatable bonds is 7. The molecule has 0 heterocycles. The van der Waals surface area contributed by atoms with E-state index in [0.717, 1.165) is 19.3 Å². The molecule has 3 aromatic rings. The monoisotopic (exact) mass is 576 g/mol. The number of benzene rings is 3. The predicted molar refractivity (Wildman–Crippen MR) is 190 cm³/mol. The van der Waals surface area contributed by atoms with Crippen LogP contribution in [0.25, 0.3) is 5.57 Å². The molecule has 1 aliphatic rings. The quantitative estimate of drug-likeness (QED) is 0.246. The van der Waals surface area contributed by atoms with E-state index in [1.807, 2.05) is 0 Å². The molecule has 224 valence electrons. The number of aryl methyl sites for hydroxylation is 4. The highest BCUT2D eigenvalue weighted by molar-refractivity contribution is 6.61. The van der Waals surface area contributed by atoms with Crippen molar-refractivity contribution in [1.29, 1.82) is 0 Å². The van der Waals surface area contributed by atoms with Gasteiger partial charge in [0.25, 0.3) is 0 Å². The standard InChI is InChI=1S/C41H56Si/c1-14-31-19-32(15-2)21-33(20-31)25-41(42-37-17-26(3)16-27(4)18-37)30(7)28(5)29(6)38(41)34-22-35(39(8,9)10)24-36(23-34)40(11,12)13/h16-24H,14-15,25,42H2,1-13H3. The largest absolute Gasteiger partial charge is 0.0718 e. The van der Waals surface area contributed by atoms with Crippen LogP contribution in [-0.2, 0) is 30.1 Å². The fraction of sp³-hybridized carbons (Fsp3) is 0.463. The van der Waals surface area contributed by atoms with Gasteiger partial charge in [-0.2, -0.15) is 0 Å². The van der Waals surface area contributed by atoms with Crippen LogP contribution in [0.3, 0.4) is 0 Å². The minimum Gasteiger partial charge on any atom is -0.0650 e. The lowest BCUT2D eigenvalue weighted by Crippen LogP contribution is -2.34. The smallest absolute Gasteiger partial charge is 0.0650 e. The van der Waals surface area contributed by atoms with Gasteiger partial charge in [0.2, 0.25) is 0 Å². The first-order valence-corrected chi connectivity index (χ1v) is 17.6. The average Bonchev–Trinajstić information content (AvgIpc) is 3.06. The predicted octanol–water partition coefficient (Wildman–Crippen LogP) is 10.0. The topological polar surface area (TPSA) is 0 Å². The maximum atomic E-state index is 2.55. The first-order chi connectivity index (χ1) is 19.5. The molecular weight excluding hydrogens is 521 g/mol. The first kappa shape index (κ1) is 32.3. The first-order valence-electron chi connectivity index (χ1n) is 16.2. The second-order valence-electron chi connectivity index (χ2n) is 15.3. The molecule has 4 rings (SSSR count). The van der Waals surface area contributed by atoms with E-state index in [9.17, 15) is 0 Å². The second-order valence-corrected chi connectivity index (χ2v) is 17.7. The Balaban J connectivity index is 2.06. The molecule has 0 aromatic heterocycles. The van der Waals surface area contributed by atoms with Gasteiger partial charge in [0.15, 0.2) is 0 Å². The summed E-state index contributed by atoms with van der Waals surface area (Å²) in [6.45, 7) is 30.6. The Morgan fingerprint density at radius 3 is 1.50 bits per heavy atom. The van der Waals surface area contributed by atoms with E-state index in [2.05, 4.69) is 145 Å². The molecule has 0 saturated carbocycles. The summed E-state index contributed by atoms with van der Waals surface area (Å²) in [5.74, 6) is 0. The van der Waals surface area contributed by atoms with Crippen molar-refractivity contribution >= 4 is 20.3 Å². The van der Waals surface area contributed by atoms with E-state index >= 15 is 0 Å². The van der Waals surface area contributed by atoms with Crippen LogP contribution in [0.5, 0.6) is 0 Å². The van der Waals surface area contributed by atoms with E-state index in [-0.39, 0.29) is 15.9 Å². The molecule has 0 radical (unpaired) electrons. The van der Waals surface area contributed by atoms with Gasteiger partial charge < -0.3 is 0 Å². The van der Waals surface area contributed by atoms with Crippen LogP contribution in [0, 0.1) is 13.8 Å². The van der Waals surface area contributed by atoms with Gasteiger partial charge in [0, 0.05) is 5.04 Å². The summed E-state index contributed by atoms with van der Waals surface area (Å²) in [6.07, 6.45) is 3.24.